The van der Waals surface area contributed by atoms with Crippen LogP contribution in [0.5, 0.6) is 0 Å². The molecule has 0 aliphatic heterocycles. The maximum atomic E-state index is 2.63. The van der Waals surface area contributed by atoms with Crippen molar-refractivity contribution in [1.82, 2.24) is 8.80 Å². The standard InChI is InChI=1S/C70H60N2S2/c1-67(2,3)41-25-37(26-42(33-41)68(4,5)6)39-29-49-47-35-56-48(36-55(47)71-53-21-23-59-63(61(53)51(31-39)65(49)71)45-17-13-15-19-57(45)73-59)50-30-40(38-27-43(69(7,8)9)34-44(28-38)70(10,11)12)32-52-62-54(72(56)66(50)52)22-24-60-64(62)46-18-14-16-20-58(46)74-60/h13-36H,1-12H3. The second kappa shape index (κ2) is 14.4. The summed E-state index contributed by atoms with van der Waals surface area (Å²) in [5.74, 6) is 0. The zero-order valence-electron chi connectivity index (χ0n) is 44.6. The quantitative estimate of drug-likeness (QED) is 0.163. The molecule has 6 heterocycles. The summed E-state index contributed by atoms with van der Waals surface area (Å²) < 4.78 is 10.6. The zero-order valence-corrected chi connectivity index (χ0v) is 46.2. The third-order valence-corrected chi connectivity index (χ3v) is 19.2. The van der Waals surface area contributed by atoms with Gasteiger partial charge in [-0.3, -0.25) is 0 Å². The van der Waals surface area contributed by atoms with E-state index < -0.39 is 0 Å². The largest absolute Gasteiger partial charge is 0.308 e. The molecule has 0 saturated carbocycles. The first-order valence-corrected chi connectivity index (χ1v) is 28.2. The normalized spacial score (nSPS) is 13.7. The fraction of sp³-hybridized carbons (Fsp3) is 0.229. The van der Waals surface area contributed by atoms with E-state index in [1.54, 1.807) is 0 Å². The summed E-state index contributed by atoms with van der Waals surface area (Å²) in [7, 11) is 0. The number of nitrogens with zero attached hydrogens (tertiary/aromatic N) is 2. The van der Waals surface area contributed by atoms with Crippen molar-refractivity contribution in [3.8, 4) is 22.3 Å². The predicted octanol–water partition coefficient (Wildman–Crippen LogP) is 21.2. The lowest BCUT2D eigenvalue weighted by atomic mass is 9.78. The van der Waals surface area contributed by atoms with Crippen LogP contribution in [0.4, 0.5) is 0 Å². The van der Waals surface area contributed by atoms with Crippen LogP contribution in [0.25, 0.3) is 139 Å². The van der Waals surface area contributed by atoms with Crippen LogP contribution < -0.4 is 0 Å². The van der Waals surface area contributed by atoms with E-state index in [0.717, 1.165) is 0 Å². The Hall–Kier alpha value is -6.98. The zero-order chi connectivity index (χ0) is 50.9. The van der Waals surface area contributed by atoms with Gasteiger partial charge in [0, 0.05) is 83.4 Å². The van der Waals surface area contributed by atoms with E-state index in [-0.39, 0.29) is 21.7 Å². The summed E-state index contributed by atoms with van der Waals surface area (Å²) in [6.45, 7) is 28.2. The van der Waals surface area contributed by atoms with Gasteiger partial charge in [-0.15, -0.1) is 22.7 Å². The van der Waals surface area contributed by atoms with Crippen molar-refractivity contribution in [2.75, 3.05) is 0 Å². The van der Waals surface area contributed by atoms with Gasteiger partial charge in [0.05, 0.1) is 33.1 Å². The average molecular weight is 993 g/mol. The molecule has 15 aromatic rings. The lowest BCUT2D eigenvalue weighted by molar-refractivity contribution is 0.568. The van der Waals surface area contributed by atoms with Crippen LogP contribution in [0, 0.1) is 0 Å². The Morgan fingerprint density at radius 1 is 0.270 bits per heavy atom. The molecule has 6 aromatic heterocycles. The molecule has 0 amide bonds. The fourth-order valence-electron chi connectivity index (χ4n) is 12.8. The number of fused-ring (bicyclic) bond motifs is 20. The minimum Gasteiger partial charge on any atom is -0.308 e. The molecule has 362 valence electrons. The van der Waals surface area contributed by atoms with Crippen molar-refractivity contribution in [2.24, 2.45) is 0 Å². The highest BCUT2D eigenvalue weighted by atomic mass is 32.1. The van der Waals surface area contributed by atoms with Crippen LogP contribution in [-0.2, 0) is 21.7 Å². The van der Waals surface area contributed by atoms with Crippen molar-refractivity contribution >= 4 is 139 Å². The van der Waals surface area contributed by atoms with Crippen LogP contribution >= 0.6 is 22.7 Å². The molecule has 74 heavy (non-hydrogen) atoms. The number of hydrogen-bond acceptors (Lipinski definition) is 2. The Morgan fingerprint density at radius 3 is 0.973 bits per heavy atom. The third-order valence-electron chi connectivity index (χ3n) is 16.9. The van der Waals surface area contributed by atoms with Gasteiger partial charge in [0.2, 0.25) is 0 Å². The summed E-state index contributed by atoms with van der Waals surface area (Å²) in [5, 5.41) is 16.0. The molecule has 0 saturated heterocycles. The molecule has 4 heteroatoms. The van der Waals surface area contributed by atoms with Crippen molar-refractivity contribution in [3.05, 3.63) is 168 Å². The number of hydrogen-bond donors (Lipinski definition) is 0. The monoisotopic (exact) mass is 992 g/mol. The van der Waals surface area contributed by atoms with Crippen molar-refractivity contribution in [3.63, 3.8) is 0 Å². The SMILES string of the molecule is CC(C)(C)c1cc(-c2cc3c4cc5c(cc4n4c6ccc7sc8ccccc8c7c6c(c2)c34)c2cc(-c3cc(C(C)(C)C)cc(C(C)(C)C)c3)cc3c4c6c(ccc4n5c23)sc2ccccc26)cc(C(C)(C)C)c1. The Balaban J connectivity index is 1.13. The van der Waals surface area contributed by atoms with Gasteiger partial charge in [0.15, 0.2) is 0 Å². The van der Waals surface area contributed by atoms with E-state index in [9.17, 15) is 0 Å². The molecule has 2 nitrogen and oxygen atoms in total. The summed E-state index contributed by atoms with van der Waals surface area (Å²) >= 11 is 3.83. The van der Waals surface area contributed by atoms with Crippen LogP contribution in [0.15, 0.2) is 146 Å². The molecule has 0 N–H and O–H groups in total. The number of thiophene rings is 2. The summed E-state index contributed by atoms with van der Waals surface area (Å²) in [6.07, 6.45) is 0. The smallest absolute Gasteiger partial charge is 0.0621 e. The van der Waals surface area contributed by atoms with Crippen LogP contribution in [-0.4, -0.2) is 8.80 Å². The molecular formula is C70H60N2S2. The lowest BCUT2D eigenvalue weighted by Crippen LogP contribution is -2.16. The van der Waals surface area contributed by atoms with Gasteiger partial charge >= 0.3 is 0 Å². The summed E-state index contributed by atoms with van der Waals surface area (Å²) in [4.78, 5) is 0. The van der Waals surface area contributed by atoms with Crippen molar-refractivity contribution in [2.45, 2.75) is 105 Å². The second-order valence-corrected chi connectivity index (χ2v) is 28.0. The molecule has 0 unspecified atom stereocenters. The van der Waals surface area contributed by atoms with Gasteiger partial charge in [0.25, 0.3) is 0 Å². The molecular weight excluding hydrogens is 933 g/mol. The molecule has 15 rings (SSSR count). The van der Waals surface area contributed by atoms with Crippen LogP contribution in [0.3, 0.4) is 0 Å². The van der Waals surface area contributed by atoms with E-state index in [2.05, 4.69) is 237 Å². The van der Waals surface area contributed by atoms with Crippen LogP contribution in [0.1, 0.15) is 105 Å². The van der Waals surface area contributed by atoms with E-state index in [1.165, 1.54) is 161 Å². The summed E-state index contributed by atoms with van der Waals surface area (Å²) in [5.41, 5.74) is 18.3. The van der Waals surface area contributed by atoms with Gasteiger partial charge in [-0.2, -0.15) is 0 Å². The number of aromatic nitrogens is 2. The minimum atomic E-state index is -0.00721. The Bertz CT molecular complexity index is 4540. The maximum Gasteiger partial charge on any atom is 0.0621 e. The highest BCUT2D eigenvalue weighted by Crippen LogP contribution is 2.52. The van der Waals surface area contributed by atoms with Crippen LogP contribution in [0.2, 0.25) is 0 Å². The highest BCUT2D eigenvalue weighted by Gasteiger charge is 2.29. The first-order valence-electron chi connectivity index (χ1n) is 26.6. The van der Waals surface area contributed by atoms with E-state index in [1.807, 2.05) is 22.7 Å². The Morgan fingerprint density at radius 2 is 0.608 bits per heavy atom. The van der Waals surface area contributed by atoms with E-state index >= 15 is 0 Å². The topological polar surface area (TPSA) is 8.82 Å². The molecule has 0 atom stereocenters. The van der Waals surface area contributed by atoms with Gasteiger partial charge in [0.1, 0.15) is 0 Å². The number of benzene rings is 9. The molecule has 9 aromatic carbocycles. The van der Waals surface area contributed by atoms with Crippen molar-refractivity contribution < 1.29 is 0 Å². The lowest BCUT2D eigenvalue weighted by Gasteiger charge is -2.26. The Labute approximate surface area is 440 Å². The molecule has 0 bridgehead atoms. The first kappa shape index (κ1) is 44.5. The van der Waals surface area contributed by atoms with Gasteiger partial charge in [-0.1, -0.05) is 156 Å². The molecule has 0 fully saturated rings. The molecule has 0 spiro atoms. The third kappa shape index (κ3) is 6.10. The van der Waals surface area contributed by atoms with Gasteiger partial charge < -0.3 is 8.80 Å². The molecule has 0 radical (unpaired) electrons. The molecule has 0 aliphatic carbocycles. The summed E-state index contributed by atoms with van der Waals surface area (Å²) in [6, 6.07) is 57.7. The predicted molar refractivity (Wildman–Crippen MR) is 327 cm³/mol. The molecule has 0 aliphatic rings. The maximum absolute atomic E-state index is 2.63. The van der Waals surface area contributed by atoms with Gasteiger partial charge in [-0.25, -0.2) is 0 Å². The fourth-order valence-corrected chi connectivity index (χ4v) is 15.1. The van der Waals surface area contributed by atoms with E-state index in [0.29, 0.717) is 0 Å². The van der Waals surface area contributed by atoms with E-state index in [4.69, 9.17) is 0 Å². The number of rotatable bonds is 2. The Kier molecular flexibility index (Phi) is 8.68. The minimum absolute atomic E-state index is 0.00721. The first-order chi connectivity index (χ1) is 35.2. The average Bonchev–Trinajstić information content (AvgIpc) is 4.28. The second-order valence-electron chi connectivity index (χ2n) is 25.9. The highest BCUT2D eigenvalue weighted by molar-refractivity contribution is 7.26. The van der Waals surface area contributed by atoms with Gasteiger partial charge in [-0.05, 0) is 139 Å². The van der Waals surface area contributed by atoms with Crippen molar-refractivity contribution in [1.29, 1.82) is 0 Å².